The van der Waals surface area contributed by atoms with Gasteiger partial charge in [-0.05, 0) is 49.6 Å². The van der Waals surface area contributed by atoms with E-state index in [0.717, 1.165) is 5.56 Å². The molecule has 5 rings (SSSR count). The van der Waals surface area contributed by atoms with Crippen LogP contribution in [0.2, 0.25) is 0 Å². The molecule has 1 saturated heterocycles. The van der Waals surface area contributed by atoms with Gasteiger partial charge >= 0.3 is 5.97 Å². The molecule has 0 spiro atoms. The largest absolute Gasteiger partial charge is 0.466 e. The number of para-hydroxylation sites is 2. The molecule has 1 atom stereocenters. The minimum Gasteiger partial charge on any atom is -0.466 e. The summed E-state index contributed by atoms with van der Waals surface area (Å²) in [5.41, 5.74) is 2.40. The van der Waals surface area contributed by atoms with Crippen LogP contribution in [-0.4, -0.2) is 48.3 Å². The minimum atomic E-state index is -1.16. The second kappa shape index (κ2) is 10.7. The molecular weight excluding hydrogens is 474 g/mol. The van der Waals surface area contributed by atoms with Crippen molar-refractivity contribution in [3.8, 4) is 17.6 Å². The van der Waals surface area contributed by atoms with Crippen LogP contribution in [-0.2, 0) is 20.9 Å². The van der Waals surface area contributed by atoms with Crippen LogP contribution in [0.25, 0.3) is 11.0 Å². The number of fused-ring (bicyclic) bond motifs is 2. The van der Waals surface area contributed by atoms with Crippen LogP contribution >= 0.6 is 0 Å². The lowest BCUT2D eigenvalue weighted by Crippen LogP contribution is -2.39. The molecule has 1 amide bonds. The van der Waals surface area contributed by atoms with Crippen molar-refractivity contribution in [1.29, 1.82) is 5.26 Å². The van der Waals surface area contributed by atoms with Gasteiger partial charge in [0, 0.05) is 19.6 Å². The molecule has 3 aromatic rings. The lowest BCUT2D eigenvalue weighted by atomic mass is 9.96. The van der Waals surface area contributed by atoms with Gasteiger partial charge in [-0.15, -0.1) is 0 Å². The number of benzene rings is 2. The quantitative estimate of drug-likeness (QED) is 0.486. The fourth-order valence-corrected chi connectivity index (χ4v) is 4.60. The topological polar surface area (TPSA) is 127 Å². The third-order valence-corrected chi connectivity index (χ3v) is 6.56. The molecule has 37 heavy (non-hydrogen) atoms. The number of anilines is 1. The van der Waals surface area contributed by atoms with E-state index in [1.54, 1.807) is 19.1 Å². The summed E-state index contributed by atoms with van der Waals surface area (Å²) in [7, 11) is 0. The van der Waals surface area contributed by atoms with Crippen molar-refractivity contribution in [2.45, 2.75) is 32.2 Å². The summed E-state index contributed by atoms with van der Waals surface area (Å²) in [6.45, 7) is 3.62. The maximum atomic E-state index is 13.2. The van der Waals surface area contributed by atoms with Crippen LogP contribution in [0.3, 0.4) is 0 Å². The average molecular weight is 502 g/mol. The monoisotopic (exact) mass is 501 g/mol. The van der Waals surface area contributed by atoms with Crippen LogP contribution in [0.5, 0.6) is 11.5 Å². The Labute approximate surface area is 214 Å². The van der Waals surface area contributed by atoms with Gasteiger partial charge in [-0.3, -0.25) is 9.59 Å². The first-order chi connectivity index (χ1) is 18.1. The number of hydrogen-bond donors (Lipinski definition) is 1. The highest BCUT2D eigenvalue weighted by Gasteiger charge is 2.32. The van der Waals surface area contributed by atoms with E-state index in [-0.39, 0.29) is 25.2 Å². The van der Waals surface area contributed by atoms with Crippen molar-refractivity contribution >= 4 is 28.7 Å². The summed E-state index contributed by atoms with van der Waals surface area (Å²) in [6.07, 6.45) is 1.20. The lowest BCUT2D eigenvalue weighted by molar-refractivity contribution is -0.148. The molecule has 1 N–H and O–H groups in total. The highest BCUT2D eigenvalue weighted by atomic mass is 16.7. The smallest absolute Gasteiger partial charge is 0.309 e. The molecule has 0 unspecified atom stereocenters. The number of piperidine rings is 1. The first-order valence-electron chi connectivity index (χ1n) is 12.3. The van der Waals surface area contributed by atoms with E-state index in [1.807, 2.05) is 35.2 Å². The second-order valence-corrected chi connectivity index (χ2v) is 8.90. The zero-order chi connectivity index (χ0) is 25.8. The van der Waals surface area contributed by atoms with Crippen molar-refractivity contribution in [1.82, 2.24) is 15.3 Å². The Morgan fingerprint density at radius 1 is 1.14 bits per heavy atom. The SMILES string of the molecule is CCOC(=O)C1CCN(c2nc3ccccc3nc2[C@H](C#N)C(=O)NCc2ccc3c(c2)OCO3)CC1. The molecule has 1 fully saturated rings. The number of hydrogen-bond acceptors (Lipinski definition) is 9. The summed E-state index contributed by atoms with van der Waals surface area (Å²) >= 11 is 0. The van der Waals surface area contributed by atoms with E-state index in [4.69, 9.17) is 24.2 Å². The Hall–Kier alpha value is -4.39. The normalized spacial score (nSPS) is 15.7. The molecule has 0 bridgehead atoms. The Kier molecular flexibility index (Phi) is 7.03. The van der Waals surface area contributed by atoms with Gasteiger partial charge in [-0.2, -0.15) is 5.26 Å². The molecule has 10 heteroatoms. The number of esters is 1. The van der Waals surface area contributed by atoms with Crippen molar-refractivity contribution < 1.29 is 23.8 Å². The molecule has 3 heterocycles. The Morgan fingerprint density at radius 3 is 2.59 bits per heavy atom. The Morgan fingerprint density at radius 2 is 1.86 bits per heavy atom. The predicted octanol–water partition coefficient (Wildman–Crippen LogP) is 3.06. The van der Waals surface area contributed by atoms with Crippen LogP contribution < -0.4 is 19.7 Å². The third-order valence-electron chi connectivity index (χ3n) is 6.56. The van der Waals surface area contributed by atoms with Crippen molar-refractivity contribution in [3.63, 3.8) is 0 Å². The third kappa shape index (κ3) is 5.11. The summed E-state index contributed by atoms with van der Waals surface area (Å²) in [6, 6.07) is 14.9. The fourth-order valence-electron chi connectivity index (χ4n) is 4.60. The van der Waals surface area contributed by atoms with Crippen LogP contribution in [0.15, 0.2) is 42.5 Å². The first-order valence-corrected chi connectivity index (χ1v) is 12.3. The maximum absolute atomic E-state index is 13.2. The van der Waals surface area contributed by atoms with Crippen molar-refractivity contribution in [3.05, 3.63) is 53.7 Å². The molecular formula is C27H27N5O5. The maximum Gasteiger partial charge on any atom is 0.309 e. The van der Waals surface area contributed by atoms with Gasteiger partial charge in [0.15, 0.2) is 23.2 Å². The van der Waals surface area contributed by atoms with Gasteiger partial charge in [0.1, 0.15) is 5.69 Å². The van der Waals surface area contributed by atoms with E-state index in [1.165, 1.54) is 0 Å². The number of carbonyl (C=O) groups is 2. The van der Waals surface area contributed by atoms with Crippen LogP contribution in [0.4, 0.5) is 5.82 Å². The molecule has 1 aromatic heterocycles. The van der Waals surface area contributed by atoms with E-state index in [2.05, 4.69) is 11.4 Å². The van der Waals surface area contributed by atoms with Gasteiger partial charge in [-0.25, -0.2) is 9.97 Å². The summed E-state index contributed by atoms with van der Waals surface area (Å²) in [4.78, 5) is 36.9. The molecule has 0 radical (unpaired) electrons. The average Bonchev–Trinajstić information content (AvgIpc) is 3.40. The molecule has 2 aliphatic rings. The predicted molar refractivity (Wildman–Crippen MR) is 134 cm³/mol. The number of nitrogens with zero attached hydrogens (tertiary/aromatic N) is 4. The lowest BCUT2D eigenvalue weighted by Gasteiger charge is -2.33. The van der Waals surface area contributed by atoms with E-state index < -0.39 is 11.8 Å². The van der Waals surface area contributed by atoms with Gasteiger partial charge in [0.2, 0.25) is 12.7 Å². The van der Waals surface area contributed by atoms with Gasteiger partial charge < -0.3 is 24.4 Å². The molecule has 0 saturated carbocycles. The highest BCUT2D eigenvalue weighted by Crippen LogP contribution is 2.33. The molecule has 2 aromatic carbocycles. The zero-order valence-corrected chi connectivity index (χ0v) is 20.5. The van der Waals surface area contributed by atoms with E-state index in [9.17, 15) is 14.9 Å². The minimum absolute atomic E-state index is 0.169. The van der Waals surface area contributed by atoms with Crippen LogP contribution in [0, 0.1) is 17.2 Å². The summed E-state index contributed by atoms with van der Waals surface area (Å²) in [5, 5.41) is 12.9. The number of aromatic nitrogens is 2. The Balaban J connectivity index is 1.38. The van der Waals surface area contributed by atoms with Crippen molar-refractivity contribution in [2.24, 2.45) is 5.92 Å². The number of nitrogens with one attached hydrogen (secondary N) is 1. The van der Waals surface area contributed by atoms with Gasteiger partial charge in [0.05, 0.1) is 29.6 Å². The van der Waals surface area contributed by atoms with E-state index >= 15 is 0 Å². The summed E-state index contributed by atoms with van der Waals surface area (Å²) in [5.74, 6) is -0.220. The number of ether oxygens (including phenoxy) is 3. The molecule has 2 aliphatic heterocycles. The molecule has 0 aliphatic carbocycles. The first kappa shape index (κ1) is 24.3. The van der Waals surface area contributed by atoms with E-state index in [0.29, 0.717) is 66.6 Å². The standard InChI is InChI=1S/C27H27N5O5/c1-2-35-27(34)18-9-11-32(12-10-18)25-24(30-20-5-3-4-6-21(20)31-25)19(14-28)26(33)29-15-17-7-8-22-23(13-17)37-16-36-22/h3-8,13,18-19H,2,9-12,15-16H2,1H3,(H,29,33)/t19-/m0/s1. The molecule has 10 nitrogen and oxygen atoms in total. The van der Waals surface area contributed by atoms with Crippen LogP contribution in [0.1, 0.15) is 36.9 Å². The fraction of sp³-hybridized carbons (Fsp3) is 0.370. The highest BCUT2D eigenvalue weighted by molar-refractivity contribution is 5.89. The Bertz CT molecular complexity index is 1360. The number of carbonyl (C=O) groups excluding carboxylic acids is 2. The van der Waals surface area contributed by atoms with Gasteiger partial charge in [0.25, 0.3) is 0 Å². The molecule has 190 valence electrons. The second-order valence-electron chi connectivity index (χ2n) is 8.90. The van der Waals surface area contributed by atoms with Gasteiger partial charge in [-0.1, -0.05) is 18.2 Å². The number of amides is 1. The number of rotatable bonds is 7. The zero-order valence-electron chi connectivity index (χ0n) is 20.5. The number of nitriles is 1. The van der Waals surface area contributed by atoms with Crippen molar-refractivity contribution in [2.75, 3.05) is 31.4 Å². The summed E-state index contributed by atoms with van der Waals surface area (Å²) < 4.78 is 15.9.